The lowest BCUT2D eigenvalue weighted by Crippen LogP contribution is -2.37. The summed E-state index contributed by atoms with van der Waals surface area (Å²) in [6, 6.07) is 0. The lowest BCUT2D eigenvalue weighted by molar-refractivity contribution is -0.173. The molecule has 1 atom stereocenters. The van der Waals surface area contributed by atoms with E-state index in [0.717, 1.165) is 6.42 Å². The normalized spacial score (nSPS) is 14.5. The molecular formula is C17H30F3NO2. The number of halogens is 3. The summed E-state index contributed by atoms with van der Waals surface area (Å²) in [4.78, 5) is 23.2. The zero-order chi connectivity index (χ0) is 18.5. The molecule has 0 aromatic heterocycles. The topological polar surface area (TPSA) is 46.2 Å². The number of carbonyl (C=O) groups is 2. The van der Waals surface area contributed by atoms with E-state index in [-0.39, 0.29) is 23.7 Å². The lowest BCUT2D eigenvalue weighted by atomic mass is 9.74. The van der Waals surface area contributed by atoms with Crippen LogP contribution < -0.4 is 5.32 Å². The van der Waals surface area contributed by atoms with Gasteiger partial charge in [-0.2, -0.15) is 13.2 Å². The van der Waals surface area contributed by atoms with Gasteiger partial charge in [0.2, 0.25) is 0 Å². The lowest BCUT2D eigenvalue weighted by Gasteiger charge is -2.30. The molecule has 1 N–H and O–H groups in total. The second-order valence-electron chi connectivity index (χ2n) is 8.33. The molecule has 0 aromatic carbocycles. The molecule has 136 valence electrons. The SMILES string of the molecule is CC(C)(C)C[C@@H](CCCCNC(=O)C(F)(F)F)C(=O)C(C)(C)C. The molecule has 0 unspecified atom stereocenters. The molecule has 0 aromatic rings. The van der Waals surface area contributed by atoms with Crippen molar-refractivity contribution in [1.82, 2.24) is 5.32 Å². The van der Waals surface area contributed by atoms with Crippen molar-refractivity contribution >= 4 is 11.7 Å². The number of hydrogen-bond donors (Lipinski definition) is 1. The van der Waals surface area contributed by atoms with Gasteiger partial charge in [-0.05, 0) is 24.7 Å². The highest BCUT2D eigenvalue weighted by molar-refractivity contribution is 5.86. The average molecular weight is 337 g/mol. The molecule has 0 aliphatic heterocycles. The van der Waals surface area contributed by atoms with Crippen molar-refractivity contribution in [2.24, 2.45) is 16.7 Å². The Balaban J connectivity index is 4.42. The number of Topliss-reactive ketones (excluding diaryl/α,β-unsaturated/α-hetero) is 1. The van der Waals surface area contributed by atoms with Gasteiger partial charge in [-0.3, -0.25) is 9.59 Å². The van der Waals surface area contributed by atoms with Crippen LogP contribution in [0, 0.1) is 16.7 Å². The van der Waals surface area contributed by atoms with Crippen LogP contribution in [0.5, 0.6) is 0 Å². The Kier molecular flexibility index (Phi) is 7.77. The molecule has 0 aliphatic rings. The predicted molar refractivity (Wildman–Crippen MR) is 84.9 cm³/mol. The minimum absolute atomic E-state index is 0.01000. The Morgan fingerprint density at radius 1 is 0.957 bits per heavy atom. The van der Waals surface area contributed by atoms with Crippen LogP contribution in [0.25, 0.3) is 0 Å². The maximum absolute atomic E-state index is 12.5. The molecule has 3 nitrogen and oxygen atoms in total. The Morgan fingerprint density at radius 3 is 1.87 bits per heavy atom. The van der Waals surface area contributed by atoms with Crippen LogP contribution in [0.2, 0.25) is 0 Å². The first-order valence-corrected chi connectivity index (χ1v) is 8.04. The zero-order valence-corrected chi connectivity index (χ0v) is 15.1. The quantitative estimate of drug-likeness (QED) is 0.695. The second kappa shape index (κ2) is 8.15. The number of rotatable bonds is 7. The second-order valence-corrected chi connectivity index (χ2v) is 8.33. The summed E-state index contributed by atoms with van der Waals surface area (Å²) in [7, 11) is 0. The van der Waals surface area contributed by atoms with Gasteiger partial charge in [-0.1, -0.05) is 48.0 Å². The first kappa shape index (κ1) is 21.9. The maximum Gasteiger partial charge on any atom is 0.471 e. The van der Waals surface area contributed by atoms with E-state index in [1.807, 2.05) is 26.1 Å². The van der Waals surface area contributed by atoms with E-state index in [2.05, 4.69) is 20.8 Å². The van der Waals surface area contributed by atoms with Gasteiger partial charge >= 0.3 is 12.1 Å². The van der Waals surface area contributed by atoms with E-state index in [1.54, 1.807) is 0 Å². The van der Waals surface area contributed by atoms with Crippen molar-refractivity contribution in [1.29, 1.82) is 0 Å². The molecule has 23 heavy (non-hydrogen) atoms. The summed E-state index contributed by atoms with van der Waals surface area (Å²) in [6.07, 6.45) is -2.41. The van der Waals surface area contributed by atoms with Gasteiger partial charge in [0.15, 0.2) is 0 Å². The third kappa shape index (κ3) is 9.61. The Morgan fingerprint density at radius 2 is 1.48 bits per heavy atom. The molecule has 0 radical (unpaired) electrons. The minimum atomic E-state index is -4.84. The summed E-state index contributed by atoms with van der Waals surface area (Å²) < 4.78 is 36.2. The third-order valence-electron chi connectivity index (χ3n) is 3.49. The van der Waals surface area contributed by atoms with Crippen molar-refractivity contribution in [3.63, 3.8) is 0 Å². The summed E-state index contributed by atoms with van der Waals surface area (Å²) in [6.45, 7) is 11.8. The fourth-order valence-electron chi connectivity index (χ4n) is 2.50. The van der Waals surface area contributed by atoms with Gasteiger partial charge in [0.1, 0.15) is 5.78 Å². The number of alkyl halides is 3. The predicted octanol–water partition coefficient (Wildman–Crippen LogP) is 4.50. The Labute approximate surface area is 137 Å². The van der Waals surface area contributed by atoms with Crippen molar-refractivity contribution in [3.8, 4) is 0 Å². The van der Waals surface area contributed by atoms with Gasteiger partial charge in [0.25, 0.3) is 0 Å². The monoisotopic (exact) mass is 337 g/mol. The first-order valence-electron chi connectivity index (χ1n) is 8.04. The van der Waals surface area contributed by atoms with Crippen molar-refractivity contribution in [3.05, 3.63) is 0 Å². The van der Waals surface area contributed by atoms with Gasteiger partial charge in [0.05, 0.1) is 0 Å². The minimum Gasteiger partial charge on any atom is -0.348 e. The van der Waals surface area contributed by atoms with Crippen LogP contribution in [0.3, 0.4) is 0 Å². The van der Waals surface area contributed by atoms with Crippen LogP contribution in [0.4, 0.5) is 13.2 Å². The number of ketones is 1. The van der Waals surface area contributed by atoms with Gasteiger partial charge < -0.3 is 5.32 Å². The smallest absolute Gasteiger partial charge is 0.348 e. The summed E-state index contributed by atoms with van der Waals surface area (Å²) in [5.41, 5.74) is -0.420. The Bertz CT molecular complexity index is 404. The fourth-order valence-corrected chi connectivity index (χ4v) is 2.50. The van der Waals surface area contributed by atoms with Crippen molar-refractivity contribution in [2.75, 3.05) is 6.54 Å². The van der Waals surface area contributed by atoms with Crippen LogP contribution >= 0.6 is 0 Å². The zero-order valence-electron chi connectivity index (χ0n) is 15.1. The maximum atomic E-state index is 12.5. The van der Waals surface area contributed by atoms with Gasteiger partial charge in [-0.25, -0.2) is 0 Å². The highest BCUT2D eigenvalue weighted by atomic mass is 19.4. The van der Waals surface area contributed by atoms with Crippen LogP contribution in [0.1, 0.15) is 67.2 Å². The highest BCUT2D eigenvalue weighted by Crippen LogP contribution is 2.33. The number of nitrogens with one attached hydrogen (secondary N) is 1. The molecule has 0 rings (SSSR count). The van der Waals surface area contributed by atoms with Crippen molar-refractivity contribution in [2.45, 2.75) is 73.4 Å². The van der Waals surface area contributed by atoms with E-state index in [4.69, 9.17) is 0 Å². The standard InChI is InChI=1S/C17H30F3NO2/c1-15(2,3)11-12(13(22)16(4,5)6)9-7-8-10-21-14(23)17(18,19)20/h12H,7-11H2,1-6H3,(H,21,23)/t12-/m1/s1. The number of carbonyl (C=O) groups excluding carboxylic acids is 2. The van der Waals surface area contributed by atoms with Crippen LogP contribution in [0.15, 0.2) is 0 Å². The largest absolute Gasteiger partial charge is 0.471 e. The molecule has 0 saturated carbocycles. The molecule has 0 saturated heterocycles. The van der Waals surface area contributed by atoms with E-state index in [9.17, 15) is 22.8 Å². The number of amides is 1. The summed E-state index contributed by atoms with van der Waals surface area (Å²) in [5, 5.41) is 1.86. The van der Waals surface area contributed by atoms with Gasteiger partial charge in [0, 0.05) is 17.9 Å². The summed E-state index contributed by atoms with van der Waals surface area (Å²) in [5.74, 6) is -1.82. The summed E-state index contributed by atoms with van der Waals surface area (Å²) >= 11 is 0. The van der Waals surface area contributed by atoms with E-state index < -0.39 is 17.5 Å². The molecule has 6 heteroatoms. The highest BCUT2D eigenvalue weighted by Gasteiger charge is 2.38. The van der Waals surface area contributed by atoms with E-state index in [0.29, 0.717) is 19.3 Å². The fraction of sp³-hybridized carbons (Fsp3) is 0.882. The van der Waals surface area contributed by atoms with E-state index >= 15 is 0 Å². The molecule has 1 amide bonds. The van der Waals surface area contributed by atoms with Crippen LogP contribution in [-0.2, 0) is 9.59 Å². The van der Waals surface area contributed by atoms with E-state index in [1.165, 1.54) is 0 Å². The molecule has 0 heterocycles. The first-order chi connectivity index (χ1) is 10.1. The Hall–Kier alpha value is -1.07. The van der Waals surface area contributed by atoms with Crippen molar-refractivity contribution < 1.29 is 22.8 Å². The average Bonchev–Trinajstić information content (AvgIpc) is 2.32. The molecular weight excluding hydrogens is 307 g/mol. The molecule has 0 aliphatic carbocycles. The molecule has 0 spiro atoms. The number of hydrogen-bond acceptors (Lipinski definition) is 2. The third-order valence-corrected chi connectivity index (χ3v) is 3.49. The number of unbranched alkanes of at least 4 members (excludes halogenated alkanes) is 1. The van der Waals surface area contributed by atoms with Gasteiger partial charge in [-0.15, -0.1) is 0 Å². The van der Waals surface area contributed by atoms with Crippen LogP contribution in [-0.4, -0.2) is 24.4 Å². The molecule has 0 bridgehead atoms. The molecule has 0 fully saturated rings.